The van der Waals surface area contributed by atoms with Crippen molar-refractivity contribution in [2.75, 3.05) is 31.1 Å². The number of piperazine rings is 1. The number of phenolic OH excluding ortho intramolecular Hbond substituents is 1. The normalized spacial score (nSPS) is 14.5. The van der Waals surface area contributed by atoms with Crippen molar-refractivity contribution in [1.29, 1.82) is 0 Å². The number of carbonyl (C=O) groups excluding carboxylic acids is 1. The number of benzene rings is 1. The van der Waals surface area contributed by atoms with E-state index in [1.807, 2.05) is 0 Å². The number of para-hydroxylation sites is 1. The van der Waals surface area contributed by atoms with Crippen molar-refractivity contribution >= 4 is 11.7 Å². The number of alkyl halides is 3. The van der Waals surface area contributed by atoms with Crippen molar-refractivity contribution in [3.63, 3.8) is 0 Å². The molecule has 0 radical (unpaired) electrons. The van der Waals surface area contributed by atoms with Gasteiger partial charge in [-0.05, 0) is 24.3 Å². The van der Waals surface area contributed by atoms with Crippen LogP contribution in [0.4, 0.5) is 19.0 Å². The summed E-state index contributed by atoms with van der Waals surface area (Å²) < 4.78 is 40.3. The van der Waals surface area contributed by atoms with E-state index in [9.17, 15) is 23.1 Å². The minimum absolute atomic E-state index is 0.0417. The van der Waals surface area contributed by atoms with E-state index >= 15 is 0 Å². The molecule has 0 spiro atoms. The average molecular weight is 429 g/mol. The lowest BCUT2D eigenvalue weighted by molar-refractivity contribution is -0.141. The van der Waals surface area contributed by atoms with Gasteiger partial charge in [-0.15, -0.1) is 0 Å². The highest BCUT2D eigenvalue weighted by molar-refractivity contribution is 5.96. The van der Waals surface area contributed by atoms with E-state index < -0.39 is 11.9 Å². The molecule has 0 unspecified atom stereocenters. The number of phenols is 1. The van der Waals surface area contributed by atoms with Gasteiger partial charge in [0.25, 0.3) is 5.91 Å². The van der Waals surface area contributed by atoms with Crippen molar-refractivity contribution in [2.24, 2.45) is 0 Å². The van der Waals surface area contributed by atoms with Crippen LogP contribution >= 0.6 is 0 Å². The molecule has 0 saturated carbocycles. The summed E-state index contributed by atoms with van der Waals surface area (Å²) in [5.41, 5.74) is -0.412. The summed E-state index contributed by atoms with van der Waals surface area (Å²) in [7, 11) is 0. The summed E-state index contributed by atoms with van der Waals surface area (Å²) in [5.74, 6) is -0.333. The molecule has 10 heteroatoms. The van der Waals surface area contributed by atoms with Gasteiger partial charge in [0.15, 0.2) is 11.5 Å². The number of anilines is 1. The number of hydrogen-bond donors (Lipinski definition) is 1. The van der Waals surface area contributed by atoms with Gasteiger partial charge in [-0.25, -0.2) is 9.97 Å². The van der Waals surface area contributed by atoms with Crippen LogP contribution in [0.2, 0.25) is 0 Å². The summed E-state index contributed by atoms with van der Waals surface area (Å²) in [6.45, 7) is 1.15. The maximum Gasteiger partial charge on any atom is 0.433 e. The van der Waals surface area contributed by atoms with E-state index in [0.717, 1.165) is 6.07 Å². The van der Waals surface area contributed by atoms with Crippen LogP contribution < -0.4 is 4.90 Å². The maximum atomic E-state index is 13.4. The van der Waals surface area contributed by atoms with Gasteiger partial charge in [-0.3, -0.25) is 9.78 Å². The summed E-state index contributed by atoms with van der Waals surface area (Å²) in [6.07, 6.45) is -1.70. The third-order valence-corrected chi connectivity index (χ3v) is 4.97. The Morgan fingerprint density at radius 3 is 2.29 bits per heavy atom. The van der Waals surface area contributed by atoms with Crippen molar-refractivity contribution in [3.8, 4) is 17.1 Å². The highest BCUT2D eigenvalue weighted by Crippen LogP contribution is 2.32. The Balaban J connectivity index is 1.57. The number of aromatic hydroxyl groups is 1. The Morgan fingerprint density at radius 2 is 1.65 bits per heavy atom. The van der Waals surface area contributed by atoms with Gasteiger partial charge in [-0.1, -0.05) is 12.1 Å². The number of pyridine rings is 1. The molecule has 4 rings (SSSR count). The zero-order valence-corrected chi connectivity index (χ0v) is 16.3. The van der Waals surface area contributed by atoms with Crippen LogP contribution in [0.5, 0.6) is 5.75 Å². The second-order valence-electron chi connectivity index (χ2n) is 6.97. The van der Waals surface area contributed by atoms with Crippen LogP contribution in [0.25, 0.3) is 11.4 Å². The van der Waals surface area contributed by atoms with E-state index in [1.54, 1.807) is 34.1 Å². The zero-order valence-electron chi connectivity index (χ0n) is 16.3. The van der Waals surface area contributed by atoms with Crippen LogP contribution in [0.1, 0.15) is 16.1 Å². The number of aromatic nitrogens is 3. The van der Waals surface area contributed by atoms with Crippen molar-refractivity contribution in [2.45, 2.75) is 6.18 Å². The van der Waals surface area contributed by atoms with Gasteiger partial charge in [0.1, 0.15) is 11.6 Å². The monoisotopic (exact) mass is 429 g/mol. The standard InChI is InChI=1S/C21H18F3N5O2/c22-21(23,24)17-13-18(27-19(26-17)14-5-7-25-8-6-14)28-9-11-29(12-10-28)20(31)15-3-1-2-4-16(15)30/h1-8,13,30H,9-12H2. The van der Waals surface area contributed by atoms with Gasteiger partial charge in [0.2, 0.25) is 0 Å². The molecule has 0 atom stereocenters. The Kier molecular flexibility index (Phi) is 5.45. The first kappa shape index (κ1) is 20.6. The maximum absolute atomic E-state index is 13.4. The fraction of sp³-hybridized carbons (Fsp3) is 0.238. The first-order chi connectivity index (χ1) is 14.8. The SMILES string of the molecule is O=C(c1ccccc1O)N1CCN(c2cc(C(F)(F)F)nc(-c3ccncc3)n2)CC1. The number of hydrogen-bond acceptors (Lipinski definition) is 6. The molecule has 1 N–H and O–H groups in total. The number of halogens is 3. The summed E-state index contributed by atoms with van der Waals surface area (Å²) in [6, 6.07) is 10.3. The molecule has 0 bridgehead atoms. The van der Waals surface area contributed by atoms with Crippen LogP contribution in [-0.2, 0) is 6.18 Å². The van der Waals surface area contributed by atoms with Gasteiger partial charge < -0.3 is 14.9 Å². The predicted octanol–water partition coefficient (Wildman–Crippen LogP) is 3.23. The molecule has 7 nitrogen and oxygen atoms in total. The van der Waals surface area contributed by atoms with Gasteiger partial charge in [0.05, 0.1) is 5.56 Å². The third kappa shape index (κ3) is 4.42. The molecule has 1 aliphatic rings. The first-order valence-electron chi connectivity index (χ1n) is 9.52. The molecule has 3 heterocycles. The largest absolute Gasteiger partial charge is 0.507 e. The number of amides is 1. The van der Waals surface area contributed by atoms with Crippen molar-refractivity contribution in [3.05, 3.63) is 66.1 Å². The summed E-state index contributed by atoms with van der Waals surface area (Å²) >= 11 is 0. The topological polar surface area (TPSA) is 82.5 Å². The molecule has 1 fully saturated rings. The molecular formula is C21H18F3N5O2. The predicted molar refractivity (Wildman–Crippen MR) is 106 cm³/mol. The van der Waals surface area contributed by atoms with Crippen LogP contribution in [-0.4, -0.2) is 57.0 Å². The van der Waals surface area contributed by atoms with E-state index in [0.29, 0.717) is 18.7 Å². The molecule has 160 valence electrons. The Hall–Kier alpha value is -3.69. The van der Waals surface area contributed by atoms with E-state index in [-0.39, 0.29) is 42.0 Å². The minimum atomic E-state index is -4.62. The highest BCUT2D eigenvalue weighted by Gasteiger charge is 2.35. The second-order valence-corrected chi connectivity index (χ2v) is 6.97. The minimum Gasteiger partial charge on any atom is -0.507 e. The van der Waals surface area contributed by atoms with Gasteiger partial charge >= 0.3 is 6.18 Å². The molecule has 1 saturated heterocycles. The highest BCUT2D eigenvalue weighted by atomic mass is 19.4. The lowest BCUT2D eigenvalue weighted by Crippen LogP contribution is -2.49. The molecule has 0 aliphatic carbocycles. The quantitative estimate of drug-likeness (QED) is 0.689. The molecule has 1 amide bonds. The molecule has 2 aromatic heterocycles. The lowest BCUT2D eigenvalue weighted by atomic mass is 10.1. The van der Waals surface area contributed by atoms with Crippen LogP contribution in [0, 0.1) is 0 Å². The number of carbonyl (C=O) groups is 1. The van der Waals surface area contributed by atoms with Crippen LogP contribution in [0.15, 0.2) is 54.9 Å². The van der Waals surface area contributed by atoms with Crippen molar-refractivity contribution < 1.29 is 23.1 Å². The second kappa shape index (κ2) is 8.21. The Bertz CT molecular complexity index is 1080. The van der Waals surface area contributed by atoms with Crippen LogP contribution in [0.3, 0.4) is 0 Å². The van der Waals surface area contributed by atoms with E-state index in [1.165, 1.54) is 24.5 Å². The number of nitrogens with zero attached hydrogens (tertiary/aromatic N) is 5. The Labute approximate surface area is 175 Å². The smallest absolute Gasteiger partial charge is 0.433 e. The number of rotatable bonds is 3. The van der Waals surface area contributed by atoms with E-state index in [4.69, 9.17) is 0 Å². The molecule has 31 heavy (non-hydrogen) atoms. The zero-order chi connectivity index (χ0) is 22.0. The van der Waals surface area contributed by atoms with Gasteiger partial charge in [0, 0.05) is 50.2 Å². The fourth-order valence-corrected chi connectivity index (χ4v) is 3.34. The summed E-state index contributed by atoms with van der Waals surface area (Å²) in [5, 5.41) is 9.90. The van der Waals surface area contributed by atoms with Gasteiger partial charge in [-0.2, -0.15) is 13.2 Å². The first-order valence-corrected chi connectivity index (χ1v) is 9.52. The van der Waals surface area contributed by atoms with E-state index in [2.05, 4.69) is 15.0 Å². The fourth-order valence-electron chi connectivity index (χ4n) is 3.34. The molecule has 3 aromatic rings. The molecule has 1 aliphatic heterocycles. The Morgan fingerprint density at radius 1 is 0.968 bits per heavy atom. The third-order valence-electron chi connectivity index (χ3n) is 4.97. The lowest BCUT2D eigenvalue weighted by Gasteiger charge is -2.35. The molecule has 1 aromatic carbocycles. The molecular weight excluding hydrogens is 411 g/mol. The van der Waals surface area contributed by atoms with Crippen molar-refractivity contribution in [1.82, 2.24) is 19.9 Å². The average Bonchev–Trinajstić information content (AvgIpc) is 2.79. The summed E-state index contributed by atoms with van der Waals surface area (Å²) in [4.78, 5) is 27.8.